The topological polar surface area (TPSA) is 213 Å². The molecule has 0 spiro atoms. The molecular weight excluding hydrogens is 500 g/mol. The second-order valence-corrected chi connectivity index (χ2v) is 7.77. The third-order valence-electron chi connectivity index (χ3n) is 5.05. The van der Waals surface area contributed by atoms with E-state index < -0.39 is 45.7 Å². The zero-order valence-corrected chi connectivity index (χ0v) is 20.0. The van der Waals surface area contributed by atoms with Gasteiger partial charge in [-0.2, -0.15) is 0 Å². The van der Waals surface area contributed by atoms with Gasteiger partial charge in [0.25, 0.3) is 15.9 Å². The van der Waals surface area contributed by atoms with Crippen LogP contribution in [0.3, 0.4) is 0 Å². The Kier molecular flexibility index (Phi) is 9.85. The molecule has 2 rings (SSSR count). The summed E-state index contributed by atoms with van der Waals surface area (Å²) in [6.07, 6.45) is -1.08. The van der Waals surface area contributed by atoms with Crippen molar-refractivity contribution in [1.29, 1.82) is 0 Å². The summed E-state index contributed by atoms with van der Waals surface area (Å²) in [7, 11) is 0. The van der Waals surface area contributed by atoms with E-state index >= 15 is 0 Å². The van der Waals surface area contributed by atoms with Crippen molar-refractivity contribution in [3.8, 4) is 0 Å². The molecule has 0 amide bonds. The summed E-state index contributed by atoms with van der Waals surface area (Å²) in [5.41, 5.74) is 0.349. The van der Waals surface area contributed by atoms with Crippen molar-refractivity contribution in [2.45, 2.75) is 39.2 Å². The Hall–Kier alpha value is -4.76. The fraction of sp³-hybridized carbons (Fsp3) is 0.429. The molecule has 1 N–H and O–H groups in total. The number of nitro benzene ring substituents is 1. The Morgan fingerprint density at radius 1 is 0.973 bits per heavy atom. The summed E-state index contributed by atoms with van der Waals surface area (Å²) in [5, 5.41) is 33.0. The van der Waals surface area contributed by atoms with Gasteiger partial charge in [0.05, 0.1) is 35.2 Å². The minimum Gasteiger partial charge on any atom is -0.462 e. The molecule has 1 aliphatic heterocycles. The Labute approximate surface area is 209 Å². The molecule has 0 unspecified atom stereocenters. The summed E-state index contributed by atoms with van der Waals surface area (Å²) in [4.78, 5) is 66.2. The van der Waals surface area contributed by atoms with E-state index in [1.165, 1.54) is 45.0 Å². The third-order valence-corrected chi connectivity index (χ3v) is 5.05. The second kappa shape index (κ2) is 12.8. The number of dihydropyridines is 1. The van der Waals surface area contributed by atoms with Gasteiger partial charge >= 0.3 is 11.9 Å². The molecule has 200 valence electrons. The molecule has 0 aromatic heterocycles. The summed E-state index contributed by atoms with van der Waals surface area (Å²) in [6, 6.07) is 5.29. The van der Waals surface area contributed by atoms with Crippen LogP contribution in [0.25, 0.3) is 0 Å². The van der Waals surface area contributed by atoms with Gasteiger partial charge in [-0.05, 0) is 26.3 Å². The first-order valence-electron chi connectivity index (χ1n) is 10.8. The van der Waals surface area contributed by atoms with E-state index in [9.17, 15) is 39.9 Å². The number of ether oxygens (including phenoxy) is 2. The first kappa shape index (κ1) is 28.5. The molecule has 0 saturated heterocycles. The van der Waals surface area contributed by atoms with Gasteiger partial charge in [-0.1, -0.05) is 12.1 Å². The number of allylic oxidation sites excluding steroid dienone is 2. The van der Waals surface area contributed by atoms with Crippen LogP contribution in [0.4, 0.5) is 5.69 Å². The van der Waals surface area contributed by atoms with Crippen LogP contribution in [0.15, 0.2) is 46.8 Å². The number of nitrogens with one attached hydrogen (secondary N) is 1. The molecule has 1 heterocycles. The van der Waals surface area contributed by atoms with Crippen LogP contribution in [0.5, 0.6) is 0 Å². The highest BCUT2D eigenvalue weighted by atomic mass is 17.0. The largest absolute Gasteiger partial charge is 0.462 e. The van der Waals surface area contributed by atoms with Crippen molar-refractivity contribution >= 4 is 17.6 Å². The number of rotatable bonds is 13. The predicted molar refractivity (Wildman–Crippen MR) is 121 cm³/mol. The van der Waals surface area contributed by atoms with E-state index in [1.54, 1.807) is 0 Å². The Balaban J connectivity index is 2.41. The lowest BCUT2D eigenvalue weighted by Gasteiger charge is -2.30. The molecular formula is C21H24N4O12. The standard InChI is InChI=1S/C21H24N4O12/c1-12(37-25(32)33)11-35-21(27)18-14(3)22-13(2)17(20(26)34-8-5-9-36-24(30)31)19(18)15-6-4-7-16(10-15)23(28)29/h4,6-7,10,12,19,22H,5,8-9,11H2,1-3H3/t12-,19-/m0/s1. The van der Waals surface area contributed by atoms with Gasteiger partial charge < -0.3 is 24.5 Å². The number of hydrogen-bond acceptors (Lipinski definition) is 13. The van der Waals surface area contributed by atoms with Gasteiger partial charge in [-0.25, -0.2) is 9.59 Å². The van der Waals surface area contributed by atoms with Crippen LogP contribution in [-0.4, -0.2) is 53.0 Å². The molecule has 0 fully saturated rings. The maximum Gasteiger partial charge on any atom is 0.336 e. The minimum atomic E-state index is -1.16. The Morgan fingerprint density at radius 2 is 1.59 bits per heavy atom. The lowest BCUT2D eigenvalue weighted by atomic mass is 9.80. The smallest absolute Gasteiger partial charge is 0.336 e. The molecule has 0 radical (unpaired) electrons. The highest BCUT2D eigenvalue weighted by molar-refractivity contribution is 6.00. The molecule has 0 saturated carbocycles. The quantitative estimate of drug-likeness (QED) is 0.170. The Morgan fingerprint density at radius 3 is 2.16 bits per heavy atom. The van der Waals surface area contributed by atoms with Crippen molar-refractivity contribution < 1.29 is 43.8 Å². The van der Waals surface area contributed by atoms with E-state index in [1.807, 2.05) is 0 Å². The van der Waals surface area contributed by atoms with Crippen LogP contribution in [0.1, 0.15) is 38.7 Å². The van der Waals surface area contributed by atoms with Crippen molar-refractivity contribution in [1.82, 2.24) is 5.32 Å². The molecule has 0 bridgehead atoms. The van der Waals surface area contributed by atoms with E-state index in [0.29, 0.717) is 5.70 Å². The molecule has 16 heteroatoms. The van der Waals surface area contributed by atoms with E-state index in [-0.39, 0.29) is 47.7 Å². The predicted octanol–water partition coefficient (Wildman–Crippen LogP) is 2.11. The van der Waals surface area contributed by atoms with Gasteiger partial charge in [0.1, 0.15) is 12.7 Å². The molecule has 1 aromatic carbocycles. The van der Waals surface area contributed by atoms with E-state index in [2.05, 4.69) is 15.0 Å². The summed E-state index contributed by atoms with van der Waals surface area (Å²) in [6.45, 7) is 3.32. The monoisotopic (exact) mass is 524 g/mol. The number of esters is 2. The second-order valence-electron chi connectivity index (χ2n) is 7.77. The van der Waals surface area contributed by atoms with Crippen LogP contribution in [-0.2, 0) is 28.7 Å². The fourth-order valence-electron chi connectivity index (χ4n) is 3.58. The van der Waals surface area contributed by atoms with Gasteiger partial charge in [0, 0.05) is 29.9 Å². The molecule has 37 heavy (non-hydrogen) atoms. The van der Waals surface area contributed by atoms with Gasteiger partial charge in [-0.3, -0.25) is 10.1 Å². The van der Waals surface area contributed by atoms with Crippen molar-refractivity contribution in [3.63, 3.8) is 0 Å². The van der Waals surface area contributed by atoms with Crippen LogP contribution in [0.2, 0.25) is 0 Å². The molecule has 1 aliphatic rings. The first-order chi connectivity index (χ1) is 17.4. The average Bonchev–Trinajstić information content (AvgIpc) is 2.81. The van der Waals surface area contributed by atoms with E-state index in [4.69, 9.17) is 9.47 Å². The summed E-state index contributed by atoms with van der Waals surface area (Å²) in [5.74, 6) is -2.99. The molecule has 0 aliphatic carbocycles. The lowest BCUT2D eigenvalue weighted by molar-refractivity contribution is -0.767. The summed E-state index contributed by atoms with van der Waals surface area (Å²) >= 11 is 0. The highest BCUT2D eigenvalue weighted by Crippen LogP contribution is 2.40. The number of carbonyl (C=O) groups is 2. The molecule has 2 atom stereocenters. The average molecular weight is 524 g/mol. The number of benzene rings is 1. The van der Waals surface area contributed by atoms with E-state index in [0.717, 1.165) is 0 Å². The number of non-ortho nitro benzene ring substituents is 1. The fourth-order valence-corrected chi connectivity index (χ4v) is 3.58. The SMILES string of the molecule is CC1=C(C(=O)OCCCO[N+](=O)[O-])[C@H](c2cccc([N+](=O)[O-])c2)C(C(=O)OC[C@H](C)O[N+](=O)[O-])=C(C)N1. The zero-order valence-electron chi connectivity index (χ0n) is 20.0. The van der Waals surface area contributed by atoms with Gasteiger partial charge in [-0.15, -0.1) is 20.2 Å². The maximum absolute atomic E-state index is 13.1. The van der Waals surface area contributed by atoms with Crippen molar-refractivity contribution in [3.05, 3.63) is 82.7 Å². The number of carbonyl (C=O) groups excluding carboxylic acids is 2. The number of hydrogen-bond donors (Lipinski definition) is 1. The van der Waals surface area contributed by atoms with Gasteiger partial charge in [0.15, 0.2) is 0 Å². The first-order valence-corrected chi connectivity index (χ1v) is 10.8. The zero-order chi connectivity index (χ0) is 27.7. The Bertz CT molecular complexity index is 1150. The summed E-state index contributed by atoms with van der Waals surface area (Å²) < 4.78 is 10.4. The molecule has 16 nitrogen and oxygen atoms in total. The third kappa shape index (κ3) is 7.87. The lowest BCUT2D eigenvalue weighted by Crippen LogP contribution is -2.33. The number of nitro groups is 1. The van der Waals surface area contributed by atoms with Crippen molar-refractivity contribution in [2.75, 3.05) is 19.8 Å². The van der Waals surface area contributed by atoms with Gasteiger partial charge in [0.2, 0.25) is 0 Å². The maximum atomic E-state index is 13.1. The van der Waals surface area contributed by atoms with Crippen LogP contribution < -0.4 is 5.32 Å². The minimum absolute atomic E-state index is 0.00600. The van der Waals surface area contributed by atoms with Crippen LogP contribution >= 0.6 is 0 Å². The highest BCUT2D eigenvalue weighted by Gasteiger charge is 2.38. The number of nitrogens with zero attached hydrogens (tertiary/aromatic N) is 3. The normalized spacial score (nSPS) is 15.8. The van der Waals surface area contributed by atoms with Crippen LogP contribution in [0, 0.1) is 30.3 Å². The molecule has 1 aromatic rings. The van der Waals surface area contributed by atoms with Crippen molar-refractivity contribution in [2.24, 2.45) is 0 Å².